The van der Waals surface area contributed by atoms with Crippen LogP contribution in [0.5, 0.6) is 0 Å². The summed E-state index contributed by atoms with van der Waals surface area (Å²) in [6, 6.07) is 4.10. The Labute approximate surface area is 159 Å². The van der Waals surface area contributed by atoms with E-state index in [0.29, 0.717) is 11.7 Å². The first kappa shape index (κ1) is 19.8. The Bertz CT molecular complexity index is 782. The normalized spacial score (nSPS) is 21.2. The predicted octanol–water partition coefficient (Wildman–Crippen LogP) is 4.02. The predicted molar refractivity (Wildman–Crippen MR) is 96.8 cm³/mol. The number of anilines is 1. The zero-order chi connectivity index (χ0) is 19.6. The van der Waals surface area contributed by atoms with E-state index in [1.54, 1.807) is 0 Å². The highest BCUT2D eigenvalue weighted by molar-refractivity contribution is 7.13. The van der Waals surface area contributed by atoms with Gasteiger partial charge in [0.15, 0.2) is 5.13 Å². The summed E-state index contributed by atoms with van der Waals surface area (Å²) in [4.78, 5) is 18.9. The number of halogens is 3. The number of rotatable bonds is 4. The van der Waals surface area contributed by atoms with Gasteiger partial charge in [-0.1, -0.05) is 0 Å². The number of benzene rings is 1. The van der Waals surface area contributed by atoms with Gasteiger partial charge in [-0.3, -0.25) is 15.0 Å². The van der Waals surface area contributed by atoms with Crippen LogP contribution in [0.15, 0.2) is 29.6 Å². The molecule has 2 atom stereocenters. The number of aromatic nitrogens is 1. The molecule has 0 spiro atoms. The number of nitrogens with zero attached hydrogens (tertiary/aromatic N) is 2. The largest absolute Gasteiger partial charge is 0.416 e. The summed E-state index contributed by atoms with van der Waals surface area (Å²) in [5.74, 6) is -0.488. The quantitative estimate of drug-likeness (QED) is 0.844. The summed E-state index contributed by atoms with van der Waals surface area (Å²) in [6.07, 6.45) is -4.11. The van der Waals surface area contributed by atoms with Gasteiger partial charge in [-0.25, -0.2) is 4.98 Å². The summed E-state index contributed by atoms with van der Waals surface area (Å²) in [5, 5.41) is 4.92. The van der Waals surface area contributed by atoms with Crippen molar-refractivity contribution in [1.82, 2.24) is 9.88 Å². The molecule has 1 aromatic carbocycles. The molecule has 146 valence electrons. The first-order valence-corrected chi connectivity index (χ1v) is 9.39. The molecule has 27 heavy (non-hydrogen) atoms. The second kappa shape index (κ2) is 7.95. The fraction of sp³-hybridized carbons (Fsp3) is 0.444. The van der Waals surface area contributed by atoms with Gasteiger partial charge in [-0.15, -0.1) is 11.3 Å². The third-order valence-corrected chi connectivity index (χ3v) is 4.93. The molecular formula is C18H20F3N3O2S. The Morgan fingerprint density at radius 2 is 1.89 bits per heavy atom. The Morgan fingerprint density at radius 1 is 1.26 bits per heavy atom. The van der Waals surface area contributed by atoms with Gasteiger partial charge in [0, 0.05) is 30.6 Å². The van der Waals surface area contributed by atoms with Crippen LogP contribution in [0.3, 0.4) is 0 Å². The molecule has 1 fully saturated rings. The van der Waals surface area contributed by atoms with Crippen LogP contribution in [-0.4, -0.2) is 41.1 Å². The minimum atomic E-state index is -4.42. The fourth-order valence-electron chi connectivity index (χ4n) is 3.06. The van der Waals surface area contributed by atoms with Crippen LogP contribution in [0.2, 0.25) is 0 Å². The molecule has 1 amide bonds. The number of hydrogen-bond acceptors (Lipinski definition) is 5. The maximum absolute atomic E-state index is 12.6. The van der Waals surface area contributed by atoms with Crippen molar-refractivity contribution < 1.29 is 22.7 Å². The Balaban J connectivity index is 1.59. The van der Waals surface area contributed by atoms with Crippen molar-refractivity contribution in [2.45, 2.75) is 38.8 Å². The lowest BCUT2D eigenvalue weighted by Gasteiger charge is -2.34. The number of hydrogen-bond donors (Lipinski definition) is 1. The van der Waals surface area contributed by atoms with Crippen molar-refractivity contribution in [2.24, 2.45) is 0 Å². The lowest BCUT2D eigenvalue weighted by Crippen LogP contribution is -2.44. The molecule has 2 heterocycles. The van der Waals surface area contributed by atoms with E-state index in [0.717, 1.165) is 43.0 Å². The standard InChI is InChI=1S/C18H20F3N3O2S/c1-11-7-24(8-12(2)26-11)9-15-10-27-17(22-15)23-16(25)13-3-5-14(6-4-13)18(19,20)21/h3-6,10-12H,7-9H2,1-2H3,(H,22,23,25). The summed E-state index contributed by atoms with van der Waals surface area (Å²) < 4.78 is 43.5. The highest BCUT2D eigenvalue weighted by atomic mass is 32.1. The molecule has 1 N–H and O–H groups in total. The Morgan fingerprint density at radius 3 is 2.48 bits per heavy atom. The molecule has 2 unspecified atom stereocenters. The van der Waals surface area contributed by atoms with Crippen molar-refractivity contribution in [3.05, 3.63) is 46.5 Å². The average molecular weight is 399 g/mol. The van der Waals surface area contributed by atoms with Crippen LogP contribution in [0.4, 0.5) is 18.3 Å². The van der Waals surface area contributed by atoms with Gasteiger partial charge >= 0.3 is 6.18 Å². The molecule has 2 aromatic rings. The van der Waals surface area contributed by atoms with E-state index in [4.69, 9.17) is 4.74 Å². The third-order valence-electron chi connectivity index (χ3n) is 4.13. The van der Waals surface area contributed by atoms with Crippen LogP contribution in [0.25, 0.3) is 0 Å². The number of carbonyl (C=O) groups is 1. The van der Waals surface area contributed by atoms with Gasteiger partial charge in [-0.2, -0.15) is 13.2 Å². The number of morpholine rings is 1. The van der Waals surface area contributed by atoms with Crippen molar-refractivity contribution in [2.75, 3.05) is 18.4 Å². The van der Waals surface area contributed by atoms with E-state index in [1.807, 2.05) is 19.2 Å². The highest BCUT2D eigenvalue weighted by Crippen LogP contribution is 2.29. The monoisotopic (exact) mass is 399 g/mol. The second-order valence-electron chi connectivity index (χ2n) is 6.62. The Hall–Kier alpha value is -1.97. The molecule has 1 saturated heterocycles. The van der Waals surface area contributed by atoms with Crippen LogP contribution < -0.4 is 5.32 Å². The van der Waals surface area contributed by atoms with Crippen molar-refractivity contribution in [1.29, 1.82) is 0 Å². The minimum Gasteiger partial charge on any atom is -0.373 e. The first-order chi connectivity index (χ1) is 12.7. The van der Waals surface area contributed by atoms with E-state index in [-0.39, 0.29) is 17.8 Å². The van der Waals surface area contributed by atoms with E-state index < -0.39 is 17.6 Å². The smallest absolute Gasteiger partial charge is 0.373 e. The SMILES string of the molecule is CC1CN(Cc2csc(NC(=O)c3ccc(C(F)(F)F)cc3)n2)CC(C)O1. The van der Waals surface area contributed by atoms with E-state index >= 15 is 0 Å². The topological polar surface area (TPSA) is 54.5 Å². The lowest BCUT2D eigenvalue weighted by atomic mass is 10.1. The third kappa shape index (κ3) is 5.27. The van der Waals surface area contributed by atoms with Crippen LogP contribution in [0, 0.1) is 0 Å². The highest BCUT2D eigenvalue weighted by Gasteiger charge is 2.30. The van der Waals surface area contributed by atoms with Gasteiger partial charge < -0.3 is 4.74 Å². The molecule has 5 nitrogen and oxygen atoms in total. The van der Waals surface area contributed by atoms with Gasteiger partial charge in [0.25, 0.3) is 5.91 Å². The van der Waals surface area contributed by atoms with Crippen molar-refractivity contribution >= 4 is 22.4 Å². The zero-order valence-corrected chi connectivity index (χ0v) is 15.7. The van der Waals surface area contributed by atoms with Gasteiger partial charge in [0.1, 0.15) is 0 Å². The lowest BCUT2D eigenvalue weighted by molar-refractivity contribution is -0.137. The molecular weight excluding hydrogens is 379 g/mol. The summed E-state index contributed by atoms with van der Waals surface area (Å²) in [7, 11) is 0. The number of thiazole rings is 1. The number of nitrogens with one attached hydrogen (secondary N) is 1. The summed E-state index contributed by atoms with van der Waals surface area (Å²) in [6.45, 7) is 6.34. The molecule has 1 aromatic heterocycles. The molecule has 1 aliphatic heterocycles. The summed E-state index contributed by atoms with van der Waals surface area (Å²) in [5.41, 5.74) is 0.198. The van der Waals surface area contributed by atoms with Crippen LogP contribution in [0.1, 0.15) is 35.5 Å². The first-order valence-electron chi connectivity index (χ1n) is 8.51. The van der Waals surface area contributed by atoms with E-state index in [2.05, 4.69) is 15.2 Å². The van der Waals surface area contributed by atoms with Gasteiger partial charge in [-0.05, 0) is 38.1 Å². The van der Waals surface area contributed by atoms with Crippen LogP contribution in [-0.2, 0) is 17.5 Å². The molecule has 1 aliphatic rings. The van der Waals surface area contributed by atoms with Crippen LogP contribution >= 0.6 is 11.3 Å². The van der Waals surface area contributed by atoms with Gasteiger partial charge in [0.2, 0.25) is 0 Å². The second-order valence-corrected chi connectivity index (χ2v) is 7.48. The maximum atomic E-state index is 12.6. The number of alkyl halides is 3. The minimum absolute atomic E-state index is 0.149. The number of amides is 1. The Kier molecular flexibility index (Phi) is 5.83. The number of carbonyl (C=O) groups excluding carboxylic acids is 1. The molecule has 3 rings (SSSR count). The summed E-state index contributed by atoms with van der Waals surface area (Å²) >= 11 is 1.29. The maximum Gasteiger partial charge on any atom is 0.416 e. The molecule has 0 aliphatic carbocycles. The van der Waals surface area contributed by atoms with E-state index in [9.17, 15) is 18.0 Å². The average Bonchev–Trinajstić information content (AvgIpc) is 3.00. The van der Waals surface area contributed by atoms with E-state index in [1.165, 1.54) is 11.3 Å². The molecule has 0 saturated carbocycles. The van der Waals surface area contributed by atoms with Gasteiger partial charge in [0.05, 0.1) is 23.5 Å². The number of ether oxygens (including phenoxy) is 1. The zero-order valence-electron chi connectivity index (χ0n) is 14.9. The molecule has 0 radical (unpaired) electrons. The fourth-order valence-corrected chi connectivity index (χ4v) is 3.76. The molecule has 0 bridgehead atoms. The van der Waals surface area contributed by atoms with Crippen molar-refractivity contribution in [3.8, 4) is 0 Å². The van der Waals surface area contributed by atoms with Crippen molar-refractivity contribution in [3.63, 3.8) is 0 Å². The molecule has 9 heteroatoms.